The van der Waals surface area contributed by atoms with Gasteiger partial charge in [0.25, 0.3) is 0 Å². The average Bonchev–Trinajstić information content (AvgIpc) is 2.47. The highest BCUT2D eigenvalue weighted by Crippen LogP contribution is 2.25. The molecule has 19 heavy (non-hydrogen) atoms. The molecule has 1 aromatic heterocycles. The van der Waals surface area contributed by atoms with Crippen molar-refractivity contribution in [3.63, 3.8) is 0 Å². The van der Waals surface area contributed by atoms with Gasteiger partial charge in [0.05, 0.1) is 16.5 Å². The third-order valence-electron chi connectivity index (χ3n) is 2.37. The molecule has 2 aromatic rings. The molecule has 2 rings (SSSR count). The quantitative estimate of drug-likeness (QED) is 0.855. The maximum atomic E-state index is 11.9. The topological polar surface area (TPSA) is 42.0 Å². The van der Waals surface area contributed by atoms with E-state index < -0.39 is 0 Å². The van der Waals surface area contributed by atoms with Gasteiger partial charge in [0.15, 0.2) is 0 Å². The number of amides is 1. The molecule has 1 heterocycles. The van der Waals surface area contributed by atoms with E-state index in [1.54, 1.807) is 18.0 Å². The van der Waals surface area contributed by atoms with Gasteiger partial charge in [-0.1, -0.05) is 30.0 Å². The van der Waals surface area contributed by atoms with Crippen LogP contribution in [-0.2, 0) is 4.79 Å². The molecule has 0 aliphatic rings. The van der Waals surface area contributed by atoms with E-state index >= 15 is 0 Å². The van der Waals surface area contributed by atoms with Crippen molar-refractivity contribution >= 4 is 35.1 Å². The van der Waals surface area contributed by atoms with Gasteiger partial charge < -0.3 is 5.32 Å². The fourth-order valence-electron chi connectivity index (χ4n) is 1.51. The van der Waals surface area contributed by atoms with Gasteiger partial charge in [-0.25, -0.2) is 4.98 Å². The Morgan fingerprint density at radius 1 is 1.21 bits per heavy atom. The Morgan fingerprint density at radius 2 is 2.00 bits per heavy atom. The number of carbonyl (C=O) groups is 1. The molecule has 0 bridgehead atoms. The number of carbonyl (C=O) groups excluding carboxylic acids is 1. The Kier molecular flexibility index (Phi) is 5.30. The summed E-state index contributed by atoms with van der Waals surface area (Å²) in [6, 6.07) is 13.5. The standard InChI is InChI=1S/C14H14N2OS2/c1-18-12-7-3-2-6-11(12)16-13(17)10-19-14-8-4-5-9-15-14/h2-9H,10H2,1H3,(H,16,17). The SMILES string of the molecule is CSc1ccccc1NC(=O)CSc1ccccn1. The minimum absolute atomic E-state index is 0.0165. The monoisotopic (exact) mass is 290 g/mol. The molecule has 1 aromatic carbocycles. The molecule has 0 radical (unpaired) electrons. The van der Waals surface area contributed by atoms with Gasteiger partial charge in [-0.3, -0.25) is 4.79 Å². The van der Waals surface area contributed by atoms with Gasteiger partial charge in [-0.15, -0.1) is 11.8 Å². The number of nitrogens with zero attached hydrogens (tertiary/aromatic N) is 1. The van der Waals surface area contributed by atoms with Crippen LogP contribution in [0.4, 0.5) is 5.69 Å². The second-order valence-corrected chi connectivity index (χ2v) is 5.55. The maximum absolute atomic E-state index is 11.9. The van der Waals surface area contributed by atoms with Crippen LogP contribution in [0.15, 0.2) is 58.6 Å². The molecule has 3 nitrogen and oxygen atoms in total. The molecule has 0 saturated carbocycles. The van der Waals surface area contributed by atoms with Crippen molar-refractivity contribution in [2.75, 3.05) is 17.3 Å². The number of hydrogen-bond acceptors (Lipinski definition) is 4. The summed E-state index contributed by atoms with van der Waals surface area (Å²) in [5.74, 6) is 0.344. The van der Waals surface area contributed by atoms with Gasteiger partial charge >= 0.3 is 0 Å². The van der Waals surface area contributed by atoms with Crippen LogP contribution in [-0.4, -0.2) is 22.9 Å². The minimum atomic E-state index is -0.0165. The molecule has 98 valence electrons. The number of aromatic nitrogens is 1. The number of para-hydroxylation sites is 1. The summed E-state index contributed by atoms with van der Waals surface area (Å²) in [7, 11) is 0. The van der Waals surface area contributed by atoms with Crippen LogP contribution in [0.1, 0.15) is 0 Å². The zero-order valence-corrected chi connectivity index (χ0v) is 12.1. The van der Waals surface area contributed by atoms with Crippen LogP contribution in [0.5, 0.6) is 0 Å². The predicted molar refractivity (Wildman–Crippen MR) is 81.8 cm³/mol. The van der Waals surface area contributed by atoms with Gasteiger partial charge in [0.1, 0.15) is 0 Å². The Morgan fingerprint density at radius 3 is 2.74 bits per heavy atom. The smallest absolute Gasteiger partial charge is 0.234 e. The fraction of sp³-hybridized carbons (Fsp3) is 0.143. The van der Waals surface area contributed by atoms with Crippen molar-refractivity contribution in [2.24, 2.45) is 0 Å². The molecule has 0 fully saturated rings. The molecule has 1 N–H and O–H groups in total. The van der Waals surface area contributed by atoms with Crippen molar-refractivity contribution in [1.82, 2.24) is 4.98 Å². The molecule has 0 unspecified atom stereocenters. The van der Waals surface area contributed by atoms with Crippen LogP contribution < -0.4 is 5.32 Å². The lowest BCUT2D eigenvalue weighted by Gasteiger charge is -2.08. The van der Waals surface area contributed by atoms with Crippen molar-refractivity contribution < 1.29 is 4.79 Å². The molecular formula is C14H14N2OS2. The van der Waals surface area contributed by atoms with Crippen LogP contribution in [0, 0.1) is 0 Å². The van der Waals surface area contributed by atoms with E-state index in [1.165, 1.54) is 11.8 Å². The van der Waals surface area contributed by atoms with Gasteiger partial charge in [0.2, 0.25) is 5.91 Å². The number of thioether (sulfide) groups is 2. The first-order valence-corrected chi connectivity index (χ1v) is 7.97. The molecule has 0 saturated heterocycles. The first-order valence-electron chi connectivity index (χ1n) is 5.76. The van der Waals surface area contributed by atoms with Crippen molar-refractivity contribution in [3.05, 3.63) is 48.7 Å². The Balaban J connectivity index is 1.91. The summed E-state index contributed by atoms with van der Waals surface area (Å²) in [6.07, 6.45) is 3.72. The van der Waals surface area contributed by atoms with Crippen LogP contribution in [0.3, 0.4) is 0 Å². The number of benzene rings is 1. The first-order chi connectivity index (χ1) is 9.29. The van der Waals surface area contributed by atoms with Gasteiger partial charge in [-0.05, 0) is 30.5 Å². The summed E-state index contributed by atoms with van der Waals surface area (Å²) >= 11 is 3.05. The van der Waals surface area contributed by atoms with E-state index in [2.05, 4.69) is 10.3 Å². The molecule has 5 heteroatoms. The van der Waals surface area contributed by atoms with E-state index in [9.17, 15) is 4.79 Å². The van der Waals surface area contributed by atoms with Gasteiger partial charge in [-0.2, -0.15) is 0 Å². The number of anilines is 1. The summed E-state index contributed by atoms with van der Waals surface area (Å²) < 4.78 is 0. The Labute approximate surface area is 121 Å². The molecule has 0 atom stereocenters. The van der Waals surface area contributed by atoms with Crippen LogP contribution in [0.25, 0.3) is 0 Å². The van der Waals surface area contributed by atoms with Crippen molar-refractivity contribution in [1.29, 1.82) is 0 Å². The summed E-state index contributed by atoms with van der Waals surface area (Å²) in [6.45, 7) is 0. The second-order valence-electron chi connectivity index (χ2n) is 3.71. The number of nitrogens with one attached hydrogen (secondary N) is 1. The summed E-state index contributed by atoms with van der Waals surface area (Å²) in [5.41, 5.74) is 0.863. The van der Waals surface area contributed by atoms with E-state index in [0.717, 1.165) is 15.6 Å². The molecule has 0 aliphatic carbocycles. The summed E-state index contributed by atoms with van der Waals surface area (Å²) in [5, 5.41) is 3.78. The lowest BCUT2D eigenvalue weighted by atomic mass is 10.3. The highest BCUT2D eigenvalue weighted by atomic mass is 32.2. The molecule has 0 aliphatic heterocycles. The number of hydrogen-bond donors (Lipinski definition) is 1. The Bertz CT molecular complexity index is 546. The molecule has 1 amide bonds. The molecular weight excluding hydrogens is 276 g/mol. The van der Waals surface area contributed by atoms with Crippen LogP contribution >= 0.6 is 23.5 Å². The van der Waals surface area contributed by atoms with Crippen molar-refractivity contribution in [3.8, 4) is 0 Å². The van der Waals surface area contributed by atoms with E-state index in [4.69, 9.17) is 0 Å². The van der Waals surface area contributed by atoms with E-state index in [-0.39, 0.29) is 5.91 Å². The third-order valence-corrected chi connectivity index (χ3v) is 4.11. The third kappa shape index (κ3) is 4.29. The second kappa shape index (κ2) is 7.21. The lowest BCUT2D eigenvalue weighted by Crippen LogP contribution is -2.14. The van der Waals surface area contributed by atoms with Gasteiger partial charge in [0, 0.05) is 11.1 Å². The zero-order chi connectivity index (χ0) is 13.5. The fourth-order valence-corrected chi connectivity index (χ4v) is 2.72. The summed E-state index contributed by atoms with van der Waals surface area (Å²) in [4.78, 5) is 17.1. The number of pyridine rings is 1. The van der Waals surface area contributed by atoms with Crippen LogP contribution in [0.2, 0.25) is 0 Å². The van der Waals surface area contributed by atoms with Crippen molar-refractivity contribution in [2.45, 2.75) is 9.92 Å². The maximum Gasteiger partial charge on any atom is 0.234 e. The predicted octanol–water partition coefficient (Wildman–Crippen LogP) is 3.53. The van der Waals surface area contributed by atoms with E-state index in [0.29, 0.717) is 5.75 Å². The van der Waals surface area contributed by atoms with E-state index in [1.807, 2.05) is 48.7 Å². The average molecular weight is 290 g/mol. The largest absolute Gasteiger partial charge is 0.324 e. The zero-order valence-electron chi connectivity index (χ0n) is 10.5. The lowest BCUT2D eigenvalue weighted by molar-refractivity contribution is -0.113. The molecule has 0 spiro atoms. The highest BCUT2D eigenvalue weighted by Gasteiger charge is 2.06. The highest BCUT2D eigenvalue weighted by molar-refractivity contribution is 8.00. The number of rotatable bonds is 5. The first kappa shape index (κ1) is 14.0. The Hall–Kier alpha value is -1.46. The minimum Gasteiger partial charge on any atom is -0.324 e. The normalized spacial score (nSPS) is 10.2.